The van der Waals surface area contributed by atoms with Gasteiger partial charge in [0.1, 0.15) is 9.86 Å². The second-order valence-electron chi connectivity index (χ2n) is 8.89. The van der Waals surface area contributed by atoms with E-state index in [2.05, 4.69) is 36.5 Å². The Morgan fingerprint density at radius 1 is 1.03 bits per heavy atom. The predicted octanol–water partition coefficient (Wildman–Crippen LogP) is 6.47. The molecule has 2 aromatic carbocycles. The van der Waals surface area contributed by atoms with Crippen LogP contribution in [-0.4, -0.2) is 27.7 Å². The Bertz CT molecular complexity index is 1270. The third-order valence-corrected chi connectivity index (χ3v) is 8.43. The van der Waals surface area contributed by atoms with Gasteiger partial charge in [-0.1, -0.05) is 72.4 Å². The first kappa shape index (κ1) is 23.1. The molecule has 4 aromatic rings. The molecule has 0 spiro atoms. The summed E-state index contributed by atoms with van der Waals surface area (Å²) in [5.74, 6) is 1.16. The van der Waals surface area contributed by atoms with Gasteiger partial charge in [0.25, 0.3) is 0 Å². The van der Waals surface area contributed by atoms with Crippen molar-refractivity contribution in [2.24, 2.45) is 0 Å². The number of nitrogens with one attached hydrogen (secondary N) is 1. The van der Waals surface area contributed by atoms with Gasteiger partial charge in [-0.3, -0.25) is 4.79 Å². The zero-order chi connectivity index (χ0) is 23.3. The van der Waals surface area contributed by atoms with E-state index in [0.717, 1.165) is 46.9 Å². The maximum Gasteiger partial charge on any atom is 0.230 e. The van der Waals surface area contributed by atoms with Gasteiger partial charge in [-0.2, -0.15) is 0 Å². The number of carbonyl (C=O) groups is 1. The van der Waals surface area contributed by atoms with Crippen molar-refractivity contribution in [1.82, 2.24) is 15.3 Å². The Morgan fingerprint density at radius 3 is 2.56 bits per heavy atom. The van der Waals surface area contributed by atoms with E-state index < -0.39 is 0 Å². The molecule has 2 heterocycles. The lowest BCUT2D eigenvalue weighted by atomic mass is 9.97. The molecule has 1 N–H and O–H groups in total. The minimum absolute atomic E-state index is 0.0580. The van der Waals surface area contributed by atoms with Gasteiger partial charge in [0.2, 0.25) is 5.91 Å². The Morgan fingerprint density at radius 2 is 1.76 bits per heavy atom. The molecule has 0 unspecified atom stereocenters. The zero-order valence-electron chi connectivity index (χ0n) is 19.4. The van der Waals surface area contributed by atoms with Crippen molar-refractivity contribution in [3.63, 3.8) is 0 Å². The molecule has 0 saturated heterocycles. The number of carbonyl (C=O) groups excluding carboxylic acids is 1. The van der Waals surface area contributed by atoms with Crippen LogP contribution in [0.25, 0.3) is 21.6 Å². The molecule has 0 aliphatic heterocycles. The highest BCUT2D eigenvalue weighted by molar-refractivity contribution is 8.00. The fraction of sp³-hybridized carbons (Fsp3) is 0.321. The maximum absolute atomic E-state index is 12.8. The smallest absolute Gasteiger partial charge is 0.230 e. The van der Waals surface area contributed by atoms with Gasteiger partial charge < -0.3 is 5.32 Å². The molecular formula is C28H29N3OS2. The van der Waals surface area contributed by atoms with Crippen LogP contribution >= 0.6 is 23.1 Å². The zero-order valence-corrected chi connectivity index (χ0v) is 21.1. The number of nitrogens with zero attached hydrogens (tertiary/aromatic N) is 2. The summed E-state index contributed by atoms with van der Waals surface area (Å²) in [6.07, 6.45) is 6.55. The predicted molar refractivity (Wildman–Crippen MR) is 143 cm³/mol. The molecule has 0 saturated carbocycles. The summed E-state index contributed by atoms with van der Waals surface area (Å²) < 4.78 is 0. The van der Waals surface area contributed by atoms with E-state index in [0.29, 0.717) is 5.75 Å². The normalized spacial score (nSPS) is 14.0. The van der Waals surface area contributed by atoms with Crippen molar-refractivity contribution in [2.45, 2.75) is 56.5 Å². The SMILES string of the molecule is C[C@@H](CCc1ccccc1)NC(=O)CSc1nc(-c2ccccc2)nc2sc3c(c12)CCCC3. The molecule has 5 rings (SSSR count). The minimum Gasteiger partial charge on any atom is -0.353 e. The number of benzene rings is 2. The lowest BCUT2D eigenvalue weighted by Gasteiger charge is -2.15. The van der Waals surface area contributed by atoms with Crippen molar-refractivity contribution >= 4 is 39.2 Å². The van der Waals surface area contributed by atoms with E-state index in [1.807, 2.05) is 47.7 Å². The lowest BCUT2D eigenvalue weighted by molar-refractivity contribution is -0.119. The Hall–Kier alpha value is -2.70. The second kappa shape index (κ2) is 10.7. The maximum atomic E-state index is 12.8. The molecule has 0 bridgehead atoms. The van der Waals surface area contributed by atoms with Gasteiger partial charge in [0, 0.05) is 21.9 Å². The molecule has 1 aliphatic carbocycles. The number of thioether (sulfide) groups is 1. The van der Waals surface area contributed by atoms with Gasteiger partial charge >= 0.3 is 0 Å². The average molecular weight is 488 g/mol. The number of thiophene rings is 1. The van der Waals surface area contributed by atoms with Gasteiger partial charge in [-0.25, -0.2) is 9.97 Å². The number of fused-ring (bicyclic) bond motifs is 3. The van der Waals surface area contributed by atoms with Crippen molar-refractivity contribution in [1.29, 1.82) is 0 Å². The van der Waals surface area contributed by atoms with Crippen LogP contribution in [0.4, 0.5) is 0 Å². The molecule has 2 aromatic heterocycles. The van der Waals surface area contributed by atoms with E-state index in [1.165, 1.54) is 34.2 Å². The molecule has 0 fully saturated rings. The van der Waals surface area contributed by atoms with Gasteiger partial charge in [-0.05, 0) is 56.6 Å². The van der Waals surface area contributed by atoms with E-state index in [-0.39, 0.29) is 11.9 Å². The van der Waals surface area contributed by atoms with Gasteiger partial charge in [0.05, 0.1) is 5.75 Å². The first-order valence-corrected chi connectivity index (χ1v) is 13.8. The van der Waals surface area contributed by atoms with Gasteiger partial charge in [0.15, 0.2) is 5.82 Å². The number of aromatic nitrogens is 2. The Kier molecular flexibility index (Phi) is 7.26. The quantitative estimate of drug-likeness (QED) is 0.229. The minimum atomic E-state index is 0.0580. The highest BCUT2D eigenvalue weighted by atomic mass is 32.2. The topological polar surface area (TPSA) is 54.9 Å². The fourth-order valence-electron chi connectivity index (χ4n) is 4.50. The molecule has 0 radical (unpaired) electrons. The summed E-state index contributed by atoms with van der Waals surface area (Å²) in [7, 11) is 0. The molecule has 174 valence electrons. The van der Waals surface area contributed by atoms with Crippen molar-refractivity contribution < 1.29 is 4.79 Å². The van der Waals surface area contributed by atoms with Crippen molar-refractivity contribution in [3.8, 4) is 11.4 Å². The summed E-state index contributed by atoms with van der Waals surface area (Å²) in [5.41, 5.74) is 3.72. The summed E-state index contributed by atoms with van der Waals surface area (Å²) in [4.78, 5) is 25.2. The first-order chi connectivity index (χ1) is 16.7. The molecule has 1 aliphatic rings. The van der Waals surface area contributed by atoms with Crippen LogP contribution in [0.1, 0.15) is 42.2 Å². The molecule has 1 amide bonds. The molecular weight excluding hydrogens is 458 g/mol. The van der Waals surface area contributed by atoms with Crippen LogP contribution in [0.15, 0.2) is 65.7 Å². The standard InChI is InChI=1S/C28H29N3OS2/c1-19(16-17-20-10-4-2-5-11-20)29-24(32)18-33-27-25-22-14-8-9-15-23(22)34-28(25)31-26(30-27)21-12-6-3-7-13-21/h2-7,10-13,19H,8-9,14-18H2,1H3,(H,29,32)/t19-/m0/s1. The van der Waals surface area contributed by atoms with Crippen LogP contribution in [0.5, 0.6) is 0 Å². The third-order valence-electron chi connectivity index (χ3n) is 6.27. The Balaban J connectivity index is 1.32. The summed E-state index contributed by atoms with van der Waals surface area (Å²) in [6, 6.07) is 20.7. The molecule has 4 nitrogen and oxygen atoms in total. The average Bonchev–Trinajstić information content (AvgIpc) is 3.26. The van der Waals surface area contributed by atoms with Crippen molar-refractivity contribution in [2.75, 3.05) is 5.75 Å². The lowest BCUT2D eigenvalue weighted by Crippen LogP contribution is -2.34. The van der Waals surface area contributed by atoms with Gasteiger partial charge in [-0.15, -0.1) is 11.3 Å². The van der Waals surface area contributed by atoms with Crippen LogP contribution < -0.4 is 5.32 Å². The summed E-state index contributed by atoms with van der Waals surface area (Å²) >= 11 is 3.35. The number of rotatable bonds is 8. The number of aryl methyl sites for hydroxylation is 3. The van der Waals surface area contributed by atoms with Crippen molar-refractivity contribution in [3.05, 3.63) is 76.7 Å². The van der Waals surface area contributed by atoms with E-state index in [4.69, 9.17) is 9.97 Å². The fourth-order valence-corrected chi connectivity index (χ4v) is 6.69. The monoisotopic (exact) mass is 487 g/mol. The molecule has 34 heavy (non-hydrogen) atoms. The second-order valence-corrected chi connectivity index (χ2v) is 10.9. The summed E-state index contributed by atoms with van der Waals surface area (Å²) in [6.45, 7) is 2.08. The highest BCUT2D eigenvalue weighted by Gasteiger charge is 2.22. The van der Waals surface area contributed by atoms with E-state index in [9.17, 15) is 4.79 Å². The largest absolute Gasteiger partial charge is 0.353 e. The van der Waals surface area contributed by atoms with Crippen LogP contribution in [-0.2, 0) is 24.1 Å². The number of hydrogen-bond acceptors (Lipinski definition) is 5. The molecule has 6 heteroatoms. The van der Waals surface area contributed by atoms with E-state index in [1.54, 1.807) is 11.8 Å². The third kappa shape index (κ3) is 5.34. The number of amides is 1. The first-order valence-electron chi connectivity index (χ1n) is 12.0. The van der Waals surface area contributed by atoms with Crippen LogP contribution in [0.2, 0.25) is 0 Å². The van der Waals surface area contributed by atoms with E-state index >= 15 is 0 Å². The highest BCUT2D eigenvalue weighted by Crippen LogP contribution is 2.40. The number of hydrogen-bond donors (Lipinski definition) is 1. The van der Waals surface area contributed by atoms with Crippen LogP contribution in [0.3, 0.4) is 0 Å². The van der Waals surface area contributed by atoms with Crippen LogP contribution in [0, 0.1) is 0 Å². The Labute approximate surface area is 209 Å². The molecule has 1 atom stereocenters. The summed E-state index contributed by atoms with van der Waals surface area (Å²) in [5, 5.41) is 5.29.